The molecule has 1 aromatic rings. The molecule has 1 rings (SSSR count). The molecule has 0 bridgehead atoms. The topological polar surface area (TPSA) is 68.7 Å². The van der Waals surface area contributed by atoms with E-state index < -0.39 is 5.97 Å². The second-order valence-electron chi connectivity index (χ2n) is 2.19. The number of hydrogen-bond donors (Lipinski definition) is 1. The molecule has 0 saturated carbocycles. The Balaban J connectivity index is 2.44. The van der Waals surface area contributed by atoms with Crippen LogP contribution in [0.15, 0.2) is 5.38 Å². The predicted molar refractivity (Wildman–Crippen MR) is 46.0 cm³/mol. The summed E-state index contributed by atoms with van der Waals surface area (Å²) in [5.74, 6) is -0.680. The fourth-order valence-corrected chi connectivity index (χ4v) is 1.37. The zero-order valence-corrected chi connectivity index (χ0v) is 7.84. The van der Waals surface area contributed by atoms with Crippen molar-refractivity contribution in [3.05, 3.63) is 10.4 Å². The lowest BCUT2D eigenvalue weighted by Gasteiger charge is -1.96. The molecule has 1 aromatic heterocycles. The van der Waals surface area contributed by atoms with Gasteiger partial charge in [0, 0.05) is 7.11 Å². The number of nitrogens with zero attached hydrogens (tertiary/aromatic N) is 1. The van der Waals surface area contributed by atoms with Crippen LogP contribution < -0.4 is 4.74 Å². The van der Waals surface area contributed by atoms with Crippen molar-refractivity contribution in [1.29, 1.82) is 0 Å². The Morgan fingerprint density at radius 3 is 3.15 bits per heavy atom. The quantitative estimate of drug-likeness (QED) is 0.764. The standard InChI is InChI=1S/C7H9NO4S/c1-11-2-6-8-5(4-13-6)12-3-7(9)10/h4H,2-3H2,1H3,(H,9,10). The van der Waals surface area contributed by atoms with Crippen molar-refractivity contribution in [2.24, 2.45) is 0 Å². The summed E-state index contributed by atoms with van der Waals surface area (Å²) in [6.45, 7) is 0.0528. The number of rotatable bonds is 5. The van der Waals surface area contributed by atoms with Gasteiger partial charge in [-0.3, -0.25) is 0 Å². The molecule has 0 atom stereocenters. The van der Waals surface area contributed by atoms with Gasteiger partial charge in [0.05, 0.1) is 12.0 Å². The third kappa shape index (κ3) is 3.39. The number of aliphatic carboxylic acids is 1. The van der Waals surface area contributed by atoms with Gasteiger partial charge >= 0.3 is 5.97 Å². The van der Waals surface area contributed by atoms with E-state index in [-0.39, 0.29) is 6.61 Å². The zero-order chi connectivity index (χ0) is 9.68. The minimum atomic E-state index is -1.01. The Kier molecular flexibility index (Phi) is 3.66. The summed E-state index contributed by atoms with van der Waals surface area (Å²) in [7, 11) is 1.57. The largest absolute Gasteiger partial charge is 0.479 e. The Morgan fingerprint density at radius 1 is 1.77 bits per heavy atom. The van der Waals surface area contributed by atoms with E-state index in [2.05, 4.69) is 4.98 Å². The minimum absolute atomic E-state index is 0.333. The van der Waals surface area contributed by atoms with Crippen LogP contribution in [0.25, 0.3) is 0 Å². The molecule has 0 aliphatic heterocycles. The molecule has 13 heavy (non-hydrogen) atoms. The van der Waals surface area contributed by atoms with Crippen LogP contribution >= 0.6 is 11.3 Å². The normalized spacial score (nSPS) is 9.92. The number of aromatic nitrogens is 1. The molecule has 0 saturated heterocycles. The highest BCUT2D eigenvalue weighted by Gasteiger charge is 2.04. The van der Waals surface area contributed by atoms with Crippen molar-refractivity contribution in [2.45, 2.75) is 6.61 Å². The summed E-state index contributed by atoms with van der Waals surface area (Å²) in [6, 6.07) is 0. The van der Waals surface area contributed by atoms with Gasteiger partial charge < -0.3 is 14.6 Å². The fraction of sp³-hybridized carbons (Fsp3) is 0.429. The maximum Gasteiger partial charge on any atom is 0.341 e. The molecule has 0 amide bonds. The highest BCUT2D eigenvalue weighted by molar-refractivity contribution is 7.09. The lowest BCUT2D eigenvalue weighted by molar-refractivity contribution is -0.139. The number of carboxylic acids is 1. The highest BCUT2D eigenvalue weighted by Crippen LogP contribution is 2.16. The number of thiazole rings is 1. The summed E-state index contributed by atoms with van der Waals surface area (Å²) in [6.07, 6.45) is 0. The molecule has 0 aliphatic carbocycles. The Bertz CT molecular complexity index is 286. The molecular formula is C7H9NO4S. The van der Waals surface area contributed by atoms with E-state index in [1.54, 1.807) is 12.5 Å². The van der Waals surface area contributed by atoms with Gasteiger partial charge in [-0.2, -0.15) is 0 Å². The Hall–Kier alpha value is -1.14. The van der Waals surface area contributed by atoms with Crippen molar-refractivity contribution in [2.75, 3.05) is 13.7 Å². The van der Waals surface area contributed by atoms with Crippen LogP contribution in [0.3, 0.4) is 0 Å². The molecule has 0 spiro atoms. The second kappa shape index (κ2) is 4.78. The average molecular weight is 203 g/mol. The van der Waals surface area contributed by atoms with Gasteiger partial charge in [0.2, 0.25) is 5.88 Å². The first-order valence-electron chi connectivity index (χ1n) is 3.50. The maximum atomic E-state index is 10.1. The molecule has 0 aromatic carbocycles. The zero-order valence-electron chi connectivity index (χ0n) is 7.02. The van der Waals surface area contributed by atoms with Crippen molar-refractivity contribution in [3.63, 3.8) is 0 Å². The molecular weight excluding hydrogens is 194 g/mol. The number of carbonyl (C=O) groups is 1. The van der Waals surface area contributed by atoms with Crippen molar-refractivity contribution in [1.82, 2.24) is 4.98 Å². The lowest BCUT2D eigenvalue weighted by Crippen LogP contribution is -2.09. The molecule has 72 valence electrons. The monoisotopic (exact) mass is 203 g/mol. The summed E-state index contributed by atoms with van der Waals surface area (Å²) in [5, 5.41) is 10.7. The molecule has 1 N–H and O–H groups in total. The summed E-state index contributed by atoms with van der Waals surface area (Å²) in [5.41, 5.74) is 0. The molecule has 0 fully saturated rings. The van der Waals surface area contributed by atoms with E-state index >= 15 is 0 Å². The van der Waals surface area contributed by atoms with Crippen LogP contribution in [0.5, 0.6) is 5.88 Å². The van der Waals surface area contributed by atoms with Gasteiger partial charge in [0.25, 0.3) is 0 Å². The number of ether oxygens (including phenoxy) is 2. The van der Waals surface area contributed by atoms with Gasteiger partial charge in [0.15, 0.2) is 6.61 Å². The first-order chi connectivity index (χ1) is 6.22. The molecule has 0 aliphatic rings. The van der Waals surface area contributed by atoms with Crippen molar-refractivity contribution in [3.8, 4) is 5.88 Å². The van der Waals surface area contributed by atoms with E-state index in [9.17, 15) is 4.79 Å². The van der Waals surface area contributed by atoms with Crippen LogP contribution in [0.2, 0.25) is 0 Å². The van der Waals surface area contributed by atoms with Gasteiger partial charge in [-0.05, 0) is 0 Å². The highest BCUT2D eigenvalue weighted by atomic mass is 32.1. The predicted octanol–water partition coefficient (Wildman–Crippen LogP) is 0.753. The smallest absolute Gasteiger partial charge is 0.341 e. The molecule has 6 heteroatoms. The third-order valence-corrected chi connectivity index (χ3v) is 1.94. The number of methoxy groups -OCH3 is 1. The van der Waals surface area contributed by atoms with Crippen LogP contribution in [0, 0.1) is 0 Å². The van der Waals surface area contributed by atoms with Crippen LogP contribution in [0.1, 0.15) is 5.01 Å². The number of hydrogen-bond acceptors (Lipinski definition) is 5. The summed E-state index contributed by atoms with van der Waals surface area (Å²) < 4.78 is 9.68. The maximum absolute atomic E-state index is 10.1. The average Bonchev–Trinajstić information content (AvgIpc) is 2.50. The lowest BCUT2D eigenvalue weighted by atomic mass is 10.7. The first kappa shape index (κ1) is 9.94. The van der Waals surface area contributed by atoms with E-state index in [0.29, 0.717) is 12.5 Å². The van der Waals surface area contributed by atoms with Gasteiger partial charge in [0.1, 0.15) is 5.01 Å². The van der Waals surface area contributed by atoms with E-state index in [0.717, 1.165) is 5.01 Å². The summed E-state index contributed by atoms with van der Waals surface area (Å²) >= 11 is 1.37. The van der Waals surface area contributed by atoms with Crippen LogP contribution in [0.4, 0.5) is 0 Å². The number of carboxylic acid groups (broad SMARTS) is 1. The second-order valence-corrected chi connectivity index (χ2v) is 3.14. The minimum Gasteiger partial charge on any atom is -0.479 e. The molecule has 0 radical (unpaired) electrons. The van der Waals surface area contributed by atoms with Crippen LogP contribution in [-0.4, -0.2) is 29.8 Å². The molecule has 5 nitrogen and oxygen atoms in total. The fourth-order valence-electron chi connectivity index (χ4n) is 0.686. The first-order valence-corrected chi connectivity index (χ1v) is 4.38. The van der Waals surface area contributed by atoms with Gasteiger partial charge in [-0.1, -0.05) is 0 Å². The molecule has 0 unspecified atom stereocenters. The van der Waals surface area contributed by atoms with Crippen LogP contribution in [-0.2, 0) is 16.1 Å². The SMILES string of the molecule is COCc1nc(OCC(=O)O)cs1. The van der Waals surface area contributed by atoms with E-state index in [1.165, 1.54) is 11.3 Å². The Morgan fingerprint density at radius 2 is 2.54 bits per heavy atom. The Labute approximate surface area is 78.9 Å². The van der Waals surface area contributed by atoms with E-state index in [1.807, 2.05) is 0 Å². The van der Waals surface area contributed by atoms with Crippen molar-refractivity contribution < 1.29 is 19.4 Å². The van der Waals surface area contributed by atoms with Gasteiger partial charge in [-0.15, -0.1) is 11.3 Å². The van der Waals surface area contributed by atoms with Crippen molar-refractivity contribution >= 4 is 17.3 Å². The van der Waals surface area contributed by atoms with E-state index in [4.69, 9.17) is 14.6 Å². The van der Waals surface area contributed by atoms with Gasteiger partial charge in [-0.25, -0.2) is 9.78 Å². The molecule has 1 heterocycles. The third-order valence-electron chi connectivity index (χ3n) is 1.14. The summed E-state index contributed by atoms with van der Waals surface area (Å²) in [4.78, 5) is 14.1.